The number of hydrogen-bond acceptors (Lipinski definition) is 3. The fraction of sp³-hybridized carbons (Fsp3) is 0.647. The number of rotatable bonds is 4. The van der Waals surface area contributed by atoms with Gasteiger partial charge in [0.1, 0.15) is 5.75 Å². The molecule has 1 aliphatic rings. The van der Waals surface area contributed by atoms with Crippen LogP contribution in [0.2, 0.25) is 0 Å². The van der Waals surface area contributed by atoms with Crippen molar-refractivity contribution in [1.82, 2.24) is 10.2 Å². The minimum atomic E-state index is 0.619. The summed E-state index contributed by atoms with van der Waals surface area (Å²) in [5, 5.41) is 3.72. The third kappa shape index (κ3) is 4.50. The molecule has 0 aromatic heterocycles. The Bertz CT molecular complexity index is 408. The minimum absolute atomic E-state index is 0.619. The van der Waals surface area contributed by atoms with Gasteiger partial charge in [-0.05, 0) is 57.0 Å². The van der Waals surface area contributed by atoms with Crippen molar-refractivity contribution < 1.29 is 4.74 Å². The van der Waals surface area contributed by atoms with Crippen LogP contribution in [0.1, 0.15) is 38.7 Å². The van der Waals surface area contributed by atoms with Gasteiger partial charge < -0.3 is 10.1 Å². The Morgan fingerprint density at radius 2 is 2.10 bits per heavy atom. The molecule has 0 saturated carbocycles. The summed E-state index contributed by atoms with van der Waals surface area (Å²) in [5.74, 6) is 0.955. The molecule has 1 aliphatic heterocycles. The zero-order chi connectivity index (χ0) is 14.4. The number of nitrogens with one attached hydrogen (secondary N) is 1. The molecule has 20 heavy (non-hydrogen) atoms. The molecule has 0 amide bonds. The van der Waals surface area contributed by atoms with Crippen molar-refractivity contribution in [3.05, 3.63) is 29.8 Å². The normalized spacial score (nSPS) is 24.9. The molecule has 1 aromatic rings. The van der Waals surface area contributed by atoms with E-state index in [0.29, 0.717) is 12.1 Å². The average molecular weight is 276 g/mol. The van der Waals surface area contributed by atoms with Gasteiger partial charge in [-0.1, -0.05) is 19.1 Å². The number of nitrogens with zero attached hydrogens (tertiary/aromatic N) is 1. The molecule has 112 valence electrons. The standard InChI is InChI=1S/C17H28N2O/c1-4-16-9-11-19(10-8-14(2)18-16)13-15-6-5-7-17(12-15)20-3/h5-7,12,14,16,18H,4,8-11,13H2,1-3H3. The van der Waals surface area contributed by atoms with Crippen LogP contribution in [0.25, 0.3) is 0 Å². The Kier molecular flexibility index (Phi) is 5.86. The van der Waals surface area contributed by atoms with Gasteiger partial charge in [0.15, 0.2) is 0 Å². The summed E-state index contributed by atoms with van der Waals surface area (Å²) in [6, 6.07) is 9.72. The summed E-state index contributed by atoms with van der Waals surface area (Å²) in [7, 11) is 1.73. The van der Waals surface area contributed by atoms with Crippen LogP contribution >= 0.6 is 0 Å². The second kappa shape index (κ2) is 7.65. The van der Waals surface area contributed by atoms with Crippen LogP contribution in [0.4, 0.5) is 0 Å². The lowest BCUT2D eigenvalue weighted by atomic mass is 10.0. The first kappa shape index (κ1) is 15.3. The smallest absolute Gasteiger partial charge is 0.119 e. The molecule has 2 atom stereocenters. The summed E-state index contributed by atoms with van der Waals surface area (Å²) in [4.78, 5) is 2.58. The highest BCUT2D eigenvalue weighted by atomic mass is 16.5. The van der Waals surface area contributed by atoms with Crippen LogP contribution in [-0.4, -0.2) is 37.2 Å². The molecule has 1 N–H and O–H groups in total. The molecule has 3 heteroatoms. The Balaban J connectivity index is 1.96. The average Bonchev–Trinajstić information content (AvgIpc) is 2.46. The summed E-state index contributed by atoms with van der Waals surface area (Å²) < 4.78 is 5.31. The van der Waals surface area contributed by atoms with E-state index < -0.39 is 0 Å². The van der Waals surface area contributed by atoms with Crippen LogP contribution in [0, 0.1) is 0 Å². The Labute approximate surface area is 123 Å². The Morgan fingerprint density at radius 3 is 2.85 bits per heavy atom. The van der Waals surface area contributed by atoms with Crippen LogP contribution < -0.4 is 10.1 Å². The maximum absolute atomic E-state index is 5.31. The lowest BCUT2D eigenvalue weighted by Gasteiger charge is -2.32. The van der Waals surface area contributed by atoms with Crippen LogP contribution in [0.5, 0.6) is 5.75 Å². The zero-order valence-corrected chi connectivity index (χ0v) is 13.1. The molecule has 0 radical (unpaired) electrons. The van der Waals surface area contributed by atoms with E-state index >= 15 is 0 Å². The largest absolute Gasteiger partial charge is 0.497 e. The van der Waals surface area contributed by atoms with Crippen LogP contribution in [0.15, 0.2) is 24.3 Å². The van der Waals surface area contributed by atoms with Crippen molar-refractivity contribution in [2.45, 2.75) is 51.7 Å². The second-order valence-electron chi connectivity index (χ2n) is 5.88. The highest BCUT2D eigenvalue weighted by Crippen LogP contribution is 2.16. The second-order valence-corrected chi connectivity index (χ2v) is 5.88. The molecule has 1 heterocycles. The molecule has 1 saturated heterocycles. The highest BCUT2D eigenvalue weighted by Gasteiger charge is 2.17. The monoisotopic (exact) mass is 276 g/mol. The molecular weight excluding hydrogens is 248 g/mol. The lowest BCUT2D eigenvalue weighted by Crippen LogP contribution is -2.43. The van der Waals surface area contributed by atoms with Gasteiger partial charge in [-0.15, -0.1) is 0 Å². The van der Waals surface area contributed by atoms with E-state index in [9.17, 15) is 0 Å². The predicted molar refractivity (Wildman–Crippen MR) is 84.2 cm³/mol. The minimum Gasteiger partial charge on any atom is -0.497 e. The fourth-order valence-corrected chi connectivity index (χ4v) is 2.90. The molecule has 1 fully saturated rings. The van der Waals surface area contributed by atoms with Crippen molar-refractivity contribution in [2.24, 2.45) is 0 Å². The first-order valence-electron chi connectivity index (χ1n) is 7.82. The topological polar surface area (TPSA) is 24.5 Å². The van der Waals surface area contributed by atoms with Gasteiger partial charge in [0, 0.05) is 18.6 Å². The fourth-order valence-electron chi connectivity index (χ4n) is 2.90. The van der Waals surface area contributed by atoms with Gasteiger partial charge >= 0.3 is 0 Å². The third-order valence-corrected chi connectivity index (χ3v) is 4.23. The quantitative estimate of drug-likeness (QED) is 0.915. The third-order valence-electron chi connectivity index (χ3n) is 4.23. The van der Waals surface area contributed by atoms with Gasteiger partial charge in [-0.2, -0.15) is 0 Å². The Hall–Kier alpha value is -1.06. The number of methoxy groups -OCH3 is 1. The van der Waals surface area contributed by atoms with Gasteiger partial charge in [0.25, 0.3) is 0 Å². The van der Waals surface area contributed by atoms with Gasteiger partial charge in [0.2, 0.25) is 0 Å². The molecule has 1 aromatic carbocycles. The van der Waals surface area contributed by atoms with E-state index in [2.05, 4.69) is 42.3 Å². The van der Waals surface area contributed by atoms with Crippen molar-refractivity contribution in [3.8, 4) is 5.75 Å². The van der Waals surface area contributed by atoms with E-state index in [1.54, 1.807) is 7.11 Å². The van der Waals surface area contributed by atoms with Crippen molar-refractivity contribution in [1.29, 1.82) is 0 Å². The van der Waals surface area contributed by atoms with E-state index in [4.69, 9.17) is 4.74 Å². The number of benzene rings is 1. The summed E-state index contributed by atoms with van der Waals surface area (Å²) >= 11 is 0. The Morgan fingerprint density at radius 1 is 1.30 bits per heavy atom. The zero-order valence-electron chi connectivity index (χ0n) is 13.1. The number of ether oxygens (including phenoxy) is 1. The number of hydrogen-bond donors (Lipinski definition) is 1. The molecular formula is C17H28N2O. The highest BCUT2D eigenvalue weighted by molar-refractivity contribution is 5.28. The van der Waals surface area contributed by atoms with Crippen molar-refractivity contribution in [3.63, 3.8) is 0 Å². The van der Waals surface area contributed by atoms with E-state index in [0.717, 1.165) is 12.3 Å². The molecule has 0 aliphatic carbocycles. The molecule has 2 unspecified atom stereocenters. The maximum atomic E-state index is 5.31. The van der Waals surface area contributed by atoms with Crippen molar-refractivity contribution in [2.75, 3.05) is 20.2 Å². The summed E-state index contributed by atoms with van der Waals surface area (Å²) in [5.41, 5.74) is 1.35. The SMILES string of the molecule is CCC1CCN(Cc2cccc(OC)c2)CCC(C)N1. The van der Waals surface area contributed by atoms with Gasteiger partial charge in [-0.25, -0.2) is 0 Å². The maximum Gasteiger partial charge on any atom is 0.119 e. The summed E-state index contributed by atoms with van der Waals surface area (Å²) in [6.07, 6.45) is 3.68. The first-order chi connectivity index (χ1) is 9.71. The van der Waals surface area contributed by atoms with Crippen LogP contribution in [-0.2, 0) is 6.54 Å². The van der Waals surface area contributed by atoms with E-state index in [1.165, 1.54) is 37.9 Å². The van der Waals surface area contributed by atoms with Crippen LogP contribution in [0.3, 0.4) is 0 Å². The van der Waals surface area contributed by atoms with E-state index in [1.807, 2.05) is 6.07 Å². The summed E-state index contributed by atoms with van der Waals surface area (Å²) in [6.45, 7) is 7.95. The predicted octanol–water partition coefficient (Wildman–Crippen LogP) is 3.05. The first-order valence-corrected chi connectivity index (χ1v) is 7.82. The lowest BCUT2D eigenvalue weighted by molar-refractivity contribution is 0.206. The van der Waals surface area contributed by atoms with E-state index in [-0.39, 0.29) is 0 Å². The molecule has 3 nitrogen and oxygen atoms in total. The van der Waals surface area contributed by atoms with Gasteiger partial charge in [-0.3, -0.25) is 4.90 Å². The molecule has 2 rings (SSSR count). The van der Waals surface area contributed by atoms with Gasteiger partial charge in [0.05, 0.1) is 7.11 Å². The molecule has 0 bridgehead atoms. The van der Waals surface area contributed by atoms with Crippen molar-refractivity contribution >= 4 is 0 Å². The molecule has 0 spiro atoms.